The van der Waals surface area contributed by atoms with Crippen LogP contribution in [-0.4, -0.2) is 53.0 Å². The fourth-order valence-electron chi connectivity index (χ4n) is 4.45. The lowest BCUT2D eigenvalue weighted by Crippen LogP contribution is -2.38. The summed E-state index contributed by atoms with van der Waals surface area (Å²) >= 11 is 1.40. The summed E-state index contributed by atoms with van der Waals surface area (Å²) in [5, 5.41) is 4.80. The number of nitrogens with one attached hydrogen (secondary N) is 1. The molecule has 0 aliphatic carbocycles. The van der Waals surface area contributed by atoms with E-state index >= 15 is 0 Å². The van der Waals surface area contributed by atoms with E-state index in [1.807, 2.05) is 36.5 Å². The van der Waals surface area contributed by atoms with E-state index in [4.69, 9.17) is 4.74 Å². The quantitative estimate of drug-likeness (QED) is 0.513. The maximum absolute atomic E-state index is 12.6. The van der Waals surface area contributed by atoms with Gasteiger partial charge in [0, 0.05) is 62.3 Å². The Balaban J connectivity index is 1.47. The second-order valence-electron chi connectivity index (χ2n) is 7.94. The molecule has 4 aromatic rings. The van der Waals surface area contributed by atoms with Gasteiger partial charge >= 0.3 is 0 Å². The van der Waals surface area contributed by atoms with Crippen molar-refractivity contribution in [1.82, 2.24) is 19.8 Å². The highest BCUT2D eigenvalue weighted by Gasteiger charge is 2.30. The molecule has 3 aromatic heterocycles. The van der Waals surface area contributed by atoms with E-state index in [0.717, 1.165) is 38.8 Å². The van der Waals surface area contributed by atoms with E-state index in [9.17, 15) is 9.59 Å². The first kappa shape index (κ1) is 20.8. The molecule has 1 fully saturated rings. The molecule has 1 amide bonds. The Hall–Kier alpha value is -3.07. The summed E-state index contributed by atoms with van der Waals surface area (Å²) in [7, 11) is 1.64. The van der Waals surface area contributed by atoms with Crippen molar-refractivity contribution in [2.75, 3.05) is 26.7 Å². The van der Waals surface area contributed by atoms with Gasteiger partial charge in [0.2, 0.25) is 5.91 Å². The molecule has 32 heavy (non-hydrogen) atoms. The molecule has 0 spiro atoms. The van der Waals surface area contributed by atoms with Gasteiger partial charge in [-0.25, -0.2) is 4.98 Å². The first-order chi connectivity index (χ1) is 15.6. The molecule has 1 aliphatic heterocycles. The van der Waals surface area contributed by atoms with Crippen LogP contribution in [0.25, 0.3) is 21.1 Å². The summed E-state index contributed by atoms with van der Waals surface area (Å²) in [5.41, 5.74) is 2.95. The van der Waals surface area contributed by atoms with Crippen molar-refractivity contribution in [2.45, 2.75) is 19.6 Å². The molecule has 1 unspecified atom stereocenters. The van der Waals surface area contributed by atoms with Gasteiger partial charge in [-0.15, -0.1) is 11.3 Å². The van der Waals surface area contributed by atoms with Crippen molar-refractivity contribution in [3.05, 3.63) is 64.8 Å². The molecule has 1 aliphatic rings. The third-order valence-electron chi connectivity index (χ3n) is 5.94. The number of nitrogens with zero attached hydrogens (tertiary/aromatic N) is 3. The smallest absolute Gasteiger partial charge is 0.261 e. The summed E-state index contributed by atoms with van der Waals surface area (Å²) in [5.74, 6) is -0.118. The molecule has 0 bridgehead atoms. The second-order valence-corrected chi connectivity index (χ2v) is 8.93. The average Bonchev–Trinajstić information content (AvgIpc) is 3.38. The van der Waals surface area contributed by atoms with E-state index in [0.29, 0.717) is 24.6 Å². The molecule has 1 aromatic carbocycles. The van der Waals surface area contributed by atoms with E-state index in [2.05, 4.69) is 21.3 Å². The molecule has 8 heteroatoms. The van der Waals surface area contributed by atoms with Crippen molar-refractivity contribution in [2.24, 2.45) is 0 Å². The molecule has 1 atom stereocenters. The maximum atomic E-state index is 12.6. The van der Waals surface area contributed by atoms with Crippen LogP contribution in [0.5, 0.6) is 0 Å². The number of aromatic nitrogens is 2. The van der Waals surface area contributed by atoms with Gasteiger partial charge in [-0.3, -0.25) is 19.1 Å². The lowest BCUT2D eigenvalue weighted by molar-refractivity contribution is -0.0322. The molecular weight excluding hydrogens is 424 g/mol. The zero-order valence-corrected chi connectivity index (χ0v) is 18.8. The van der Waals surface area contributed by atoms with Crippen LogP contribution in [0.2, 0.25) is 0 Å². The highest BCUT2D eigenvalue weighted by Crippen LogP contribution is 2.37. The van der Waals surface area contributed by atoms with E-state index in [1.54, 1.807) is 24.7 Å². The number of benzene rings is 1. The predicted molar refractivity (Wildman–Crippen MR) is 125 cm³/mol. The minimum Gasteiger partial charge on any atom is -0.371 e. The number of morpholine rings is 1. The normalized spacial score (nSPS) is 17.1. The molecule has 7 nitrogen and oxygen atoms in total. The zero-order chi connectivity index (χ0) is 22.2. The highest BCUT2D eigenvalue weighted by molar-refractivity contribution is 7.20. The van der Waals surface area contributed by atoms with E-state index < -0.39 is 0 Å². The molecule has 164 valence electrons. The Morgan fingerprint density at radius 3 is 2.84 bits per heavy atom. The Bertz CT molecular complexity index is 1330. The Morgan fingerprint density at radius 2 is 2.03 bits per heavy atom. The summed E-state index contributed by atoms with van der Waals surface area (Å²) in [6, 6.07) is 11.9. The van der Waals surface area contributed by atoms with Gasteiger partial charge in [0.25, 0.3) is 5.91 Å². The van der Waals surface area contributed by atoms with Gasteiger partial charge in [-0.05, 0) is 17.7 Å². The van der Waals surface area contributed by atoms with Crippen LogP contribution in [0.1, 0.15) is 38.6 Å². The maximum Gasteiger partial charge on any atom is 0.261 e. The van der Waals surface area contributed by atoms with Crippen LogP contribution >= 0.6 is 11.3 Å². The number of pyridine rings is 1. The molecule has 0 saturated carbocycles. The van der Waals surface area contributed by atoms with Crippen molar-refractivity contribution in [1.29, 1.82) is 0 Å². The number of hydrogen-bond donors (Lipinski definition) is 1. The van der Waals surface area contributed by atoms with Gasteiger partial charge in [0.15, 0.2) is 0 Å². The number of amides is 1. The average molecular weight is 449 g/mol. The van der Waals surface area contributed by atoms with Crippen LogP contribution in [0.15, 0.2) is 48.8 Å². The molecule has 4 heterocycles. The number of carbonyl (C=O) groups excluding carboxylic acids is 2. The minimum absolute atomic E-state index is 0.000216. The van der Waals surface area contributed by atoms with Crippen LogP contribution in [0, 0.1) is 0 Å². The number of carbonyl (C=O) groups is 2. The highest BCUT2D eigenvalue weighted by atomic mass is 32.1. The summed E-state index contributed by atoms with van der Waals surface area (Å²) in [6.45, 7) is 4.30. The second kappa shape index (κ2) is 8.46. The Labute approximate surface area is 189 Å². The van der Waals surface area contributed by atoms with E-state index in [1.165, 1.54) is 11.3 Å². The monoisotopic (exact) mass is 448 g/mol. The van der Waals surface area contributed by atoms with Crippen LogP contribution in [-0.2, 0) is 11.3 Å². The lowest BCUT2D eigenvalue weighted by Gasteiger charge is -2.33. The Morgan fingerprint density at radius 1 is 1.22 bits per heavy atom. The summed E-state index contributed by atoms with van der Waals surface area (Å²) < 4.78 is 7.88. The number of thiophene rings is 1. The molecule has 1 saturated heterocycles. The SMILES string of the molecule is CNC(=O)c1sc2ncccc2c1C1CN(Cc2cn(C(C)=O)c3ccccc23)CCO1. The van der Waals surface area contributed by atoms with Crippen LogP contribution < -0.4 is 5.32 Å². The number of fused-ring (bicyclic) bond motifs is 2. The topological polar surface area (TPSA) is 76.5 Å². The van der Waals surface area contributed by atoms with Crippen molar-refractivity contribution >= 4 is 44.3 Å². The van der Waals surface area contributed by atoms with Gasteiger partial charge in [-0.1, -0.05) is 24.3 Å². The van der Waals surface area contributed by atoms with Gasteiger partial charge in [0.05, 0.1) is 18.2 Å². The fourth-order valence-corrected chi connectivity index (χ4v) is 5.59. The zero-order valence-electron chi connectivity index (χ0n) is 18.0. The van der Waals surface area contributed by atoms with Crippen molar-refractivity contribution in [3.8, 4) is 0 Å². The lowest BCUT2D eigenvalue weighted by atomic mass is 10.0. The largest absolute Gasteiger partial charge is 0.371 e. The fraction of sp³-hybridized carbons (Fsp3) is 0.292. The minimum atomic E-state index is -0.227. The first-order valence-electron chi connectivity index (χ1n) is 10.6. The number of ether oxygens (including phenoxy) is 1. The van der Waals surface area contributed by atoms with Gasteiger partial charge in [0.1, 0.15) is 9.71 Å². The third-order valence-corrected chi connectivity index (χ3v) is 7.07. The number of rotatable bonds is 4. The molecule has 1 N–H and O–H groups in total. The first-order valence-corrected chi connectivity index (χ1v) is 11.4. The van der Waals surface area contributed by atoms with E-state index in [-0.39, 0.29) is 17.9 Å². The van der Waals surface area contributed by atoms with Crippen molar-refractivity contribution < 1.29 is 14.3 Å². The molecular formula is C24H24N4O3S. The summed E-state index contributed by atoms with van der Waals surface area (Å²) in [4.78, 5) is 33.0. The molecule has 0 radical (unpaired) electrons. The van der Waals surface area contributed by atoms with Crippen LogP contribution in [0.4, 0.5) is 0 Å². The summed E-state index contributed by atoms with van der Waals surface area (Å²) in [6.07, 6.45) is 3.46. The van der Waals surface area contributed by atoms with Crippen molar-refractivity contribution in [3.63, 3.8) is 0 Å². The third kappa shape index (κ3) is 3.60. The predicted octanol–water partition coefficient (Wildman–Crippen LogP) is 3.84. The van der Waals surface area contributed by atoms with Crippen LogP contribution in [0.3, 0.4) is 0 Å². The Kier molecular flexibility index (Phi) is 5.50. The molecule has 5 rings (SSSR count). The number of para-hydroxylation sites is 1. The van der Waals surface area contributed by atoms with Gasteiger partial charge < -0.3 is 10.1 Å². The number of hydrogen-bond acceptors (Lipinski definition) is 6. The standard InChI is InChI=1S/C24H24N4O3S/c1-15(29)28-13-16(17-6-3-4-8-19(17)28)12-27-10-11-31-20(14-27)21-18-7-5-9-26-24(18)32-22(21)23(30)25-2/h3-9,13,20H,10-12,14H2,1-2H3,(H,25,30). The van der Waals surface area contributed by atoms with Gasteiger partial charge in [-0.2, -0.15) is 0 Å².